The summed E-state index contributed by atoms with van der Waals surface area (Å²) in [5.74, 6) is 0. The van der Waals surface area contributed by atoms with Gasteiger partial charge in [0.05, 0.1) is 0 Å². The first-order valence-corrected chi connectivity index (χ1v) is 3.62. The van der Waals surface area contributed by atoms with Crippen LogP contribution in [0.15, 0.2) is 34.9 Å². The van der Waals surface area contributed by atoms with Crippen LogP contribution in [-0.2, 0) is 0 Å². The lowest BCUT2D eigenvalue weighted by atomic mass is 10.2. The molecule has 0 spiro atoms. The Morgan fingerprint density at radius 2 is 1.90 bits per heavy atom. The molecule has 0 radical (unpaired) electrons. The SMILES string of the molecule is C=C(C)/C(Cl)=C(C)\C=C/C. The van der Waals surface area contributed by atoms with E-state index in [0.29, 0.717) is 0 Å². The minimum Gasteiger partial charge on any atom is -0.0946 e. The Bertz CT molecular complexity index is 185. The molecule has 0 aliphatic carbocycles. The zero-order valence-electron chi connectivity index (χ0n) is 6.74. The number of allylic oxidation sites excluding steroid dienone is 5. The van der Waals surface area contributed by atoms with Gasteiger partial charge >= 0.3 is 0 Å². The zero-order chi connectivity index (χ0) is 8.15. The third-order valence-electron chi connectivity index (χ3n) is 1.14. The Balaban J connectivity index is 4.50. The van der Waals surface area contributed by atoms with Gasteiger partial charge < -0.3 is 0 Å². The van der Waals surface area contributed by atoms with Gasteiger partial charge in [0.15, 0.2) is 0 Å². The first kappa shape index (κ1) is 9.51. The van der Waals surface area contributed by atoms with Crippen LogP contribution >= 0.6 is 11.6 Å². The first-order valence-electron chi connectivity index (χ1n) is 3.24. The monoisotopic (exact) mass is 156 g/mol. The van der Waals surface area contributed by atoms with Crippen molar-refractivity contribution in [1.29, 1.82) is 0 Å². The molecule has 0 aromatic carbocycles. The normalized spacial score (nSPS) is 13.6. The van der Waals surface area contributed by atoms with E-state index in [2.05, 4.69) is 6.58 Å². The number of rotatable bonds is 2. The number of halogens is 1. The van der Waals surface area contributed by atoms with E-state index in [4.69, 9.17) is 11.6 Å². The molecule has 10 heavy (non-hydrogen) atoms. The third kappa shape index (κ3) is 2.88. The predicted molar refractivity (Wildman–Crippen MR) is 48.2 cm³/mol. The summed E-state index contributed by atoms with van der Waals surface area (Å²) in [6.07, 6.45) is 3.93. The summed E-state index contributed by atoms with van der Waals surface area (Å²) in [6.45, 7) is 9.57. The van der Waals surface area contributed by atoms with E-state index in [9.17, 15) is 0 Å². The molecule has 56 valence electrons. The molecule has 0 aromatic heterocycles. The van der Waals surface area contributed by atoms with Crippen molar-refractivity contribution < 1.29 is 0 Å². The predicted octanol–water partition coefficient (Wildman–Crippen LogP) is 3.65. The van der Waals surface area contributed by atoms with Crippen molar-refractivity contribution in [2.75, 3.05) is 0 Å². The molecule has 0 aromatic rings. The topological polar surface area (TPSA) is 0 Å². The van der Waals surface area contributed by atoms with Crippen LogP contribution in [0.2, 0.25) is 0 Å². The highest BCUT2D eigenvalue weighted by molar-refractivity contribution is 6.32. The molecule has 0 heterocycles. The molecule has 0 atom stereocenters. The molecule has 0 aliphatic rings. The van der Waals surface area contributed by atoms with Gasteiger partial charge in [0.1, 0.15) is 0 Å². The summed E-state index contributed by atoms with van der Waals surface area (Å²) in [5.41, 5.74) is 1.98. The van der Waals surface area contributed by atoms with E-state index in [1.165, 1.54) is 0 Å². The average Bonchev–Trinajstić information content (AvgIpc) is 1.87. The molecule has 0 aliphatic heterocycles. The minimum atomic E-state index is 0.762. The second-order valence-corrected chi connectivity index (χ2v) is 2.66. The maximum Gasteiger partial charge on any atom is 0.0458 e. The van der Waals surface area contributed by atoms with Crippen molar-refractivity contribution in [1.82, 2.24) is 0 Å². The van der Waals surface area contributed by atoms with Crippen LogP contribution in [0.3, 0.4) is 0 Å². The fourth-order valence-electron chi connectivity index (χ4n) is 0.660. The maximum atomic E-state index is 5.87. The smallest absolute Gasteiger partial charge is 0.0458 e. The Kier molecular flexibility index (Phi) is 4.13. The molecular weight excluding hydrogens is 144 g/mol. The molecular formula is C9H13Cl. The van der Waals surface area contributed by atoms with Crippen LogP contribution in [0.25, 0.3) is 0 Å². The molecule has 0 N–H and O–H groups in total. The molecule has 0 bridgehead atoms. The number of hydrogen-bond acceptors (Lipinski definition) is 0. The van der Waals surface area contributed by atoms with Crippen LogP contribution in [0.1, 0.15) is 20.8 Å². The zero-order valence-corrected chi connectivity index (χ0v) is 7.50. The summed E-state index contributed by atoms with van der Waals surface area (Å²) in [4.78, 5) is 0. The minimum absolute atomic E-state index is 0.762. The highest BCUT2D eigenvalue weighted by atomic mass is 35.5. The van der Waals surface area contributed by atoms with Crippen molar-refractivity contribution >= 4 is 11.6 Å². The van der Waals surface area contributed by atoms with Crippen molar-refractivity contribution in [2.24, 2.45) is 0 Å². The molecule has 0 unspecified atom stereocenters. The van der Waals surface area contributed by atoms with Crippen molar-refractivity contribution in [2.45, 2.75) is 20.8 Å². The Labute approximate surface area is 67.9 Å². The van der Waals surface area contributed by atoms with E-state index in [1.807, 2.05) is 32.9 Å². The summed E-state index contributed by atoms with van der Waals surface area (Å²) >= 11 is 5.87. The van der Waals surface area contributed by atoms with E-state index in [0.717, 1.165) is 16.2 Å². The van der Waals surface area contributed by atoms with Gasteiger partial charge in [-0.15, -0.1) is 0 Å². The van der Waals surface area contributed by atoms with E-state index >= 15 is 0 Å². The van der Waals surface area contributed by atoms with E-state index in [1.54, 1.807) is 0 Å². The van der Waals surface area contributed by atoms with Gasteiger partial charge in [0, 0.05) is 5.03 Å². The fourth-order valence-corrected chi connectivity index (χ4v) is 0.723. The van der Waals surface area contributed by atoms with Crippen LogP contribution in [0, 0.1) is 0 Å². The van der Waals surface area contributed by atoms with Gasteiger partial charge in [-0.2, -0.15) is 0 Å². The van der Waals surface area contributed by atoms with Gasteiger partial charge in [0.2, 0.25) is 0 Å². The Hall–Kier alpha value is -0.490. The van der Waals surface area contributed by atoms with Gasteiger partial charge in [-0.1, -0.05) is 30.3 Å². The highest BCUT2D eigenvalue weighted by Crippen LogP contribution is 2.17. The highest BCUT2D eigenvalue weighted by Gasteiger charge is 1.94. The molecule has 0 nitrogen and oxygen atoms in total. The summed E-state index contributed by atoms with van der Waals surface area (Å²) in [6, 6.07) is 0. The van der Waals surface area contributed by atoms with E-state index in [-0.39, 0.29) is 0 Å². The van der Waals surface area contributed by atoms with E-state index < -0.39 is 0 Å². The Morgan fingerprint density at radius 3 is 2.20 bits per heavy atom. The molecule has 0 fully saturated rings. The molecule has 0 amide bonds. The van der Waals surface area contributed by atoms with Gasteiger partial charge in [-0.25, -0.2) is 0 Å². The molecule has 1 heteroatoms. The quantitative estimate of drug-likeness (QED) is 0.536. The van der Waals surface area contributed by atoms with Crippen molar-refractivity contribution in [3.63, 3.8) is 0 Å². The van der Waals surface area contributed by atoms with Crippen molar-refractivity contribution in [3.05, 3.63) is 34.9 Å². The third-order valence-corrected chi connectivity index (χ3v) is 1.76. The first-order chi connectivity index (χ1) is 4.59. The van der Waals surface area contributed by atoms with Crippen LogP contribution in [-0.4, -0.2) is 0 Å². The largest absolute Gasteiger partial charge is 0.0946 e. The average molecular weight is 157 g/mol. The Morgan fingerprint density at radius 1 is 1.40 bits per heavy atom. The lowest BCUT2D eigenvalue weighted by molar-refractivity contribution is 1.41. The molecule has 0 saturated heterocycles. The van der Waals surface area contributed by atoms with Gasteiger partial charge in [0.25, 0.3) is 0 Å². The second kappa shape index (κ2) is 4.35. The maximum absolute atomic E-state index is 5.87. The standard InChI is InChI=1S/C9H13Cl/c1-5-6-8(4)9(10)7(2)3/h5-6H,2H2,1,3-4H3/b6-5-,9-8+. The van der Waals surface area contributed by atoms with Crippen LogP contribution in [0.5, 0.6) is 0 Å². The summed E-state index contributed by atoms with van der Waals surface area (Å²) in [5, 5.41) is 0.762. The van der Waals surface area contributed by atoms with Gasteiger partial charge in [-0.3, -0.25) is 0 Å². The van der Waals surface area contributed by atoms with Crippen molar-refractivity contribution in [3.8, 4) is 0 Å². The molecule has 0 saturated carbocycles. The second-order valence-electron chi connectivity index (χ2n) is 2.28. The summed E-state index contributed by atoms with van der Waals surface area (Å²) < 4.78 is 0. The number of hydrogen-bond donors (Lipinski definition) is 0. The molecule has 0 rings (SSSR count). The fraction of sp³-hybridized carbons (Fsp3) is 0.333. The lowest BCUT2D eigenvalue weighted by Crippen LogP contribution is -1.77. The lowest BCUT2D eigenvalue weighted by Gasteiger charge is -1.98. The van der Waals surface area contributed by atoms with Gasteiger partial charge in [-0.05, 0) is 31.9 Å². The summed E-state index contributed by atoms with van der Waals surface area (Å²) in [7, 11) is 0. The van der Waals surface area contributed by atoms with Crippen LogP contribution < -0.4 is 0 Å². The van der Waals surface area contributed by atoms with Crippen LogP contribution in [0.4, 0.5) is 0 Å².